The lowest BCUT2D eigenvalue weighted by molar-refractivity contribution is -0.124. The quantitative estimate of drug-likeness (QED) is 0.841. The summed E-state index contributed by atoms with van der Waals surface area (Å²) < 4.78 is 18.5. The zero-order chi connectivity index (χ0) is 19.4. The van der Waals surface area contributed by atoms with Gasteiger partial charge in [0, 0.05) is 23.6 Å². The van der Waals surface area contributed by atoms with Crippen LogP contribution >= 0.6 is 0 Å². The first kappa shape index (κ1) is 19.5. The van der Waals surface area contributed by atoms with Gasteiger partial charge in [-0.15, -0.1) is 0 Å². The first-order chi connectivity index (χ1) is 12.8. The van der Waals surface area contributed by atoms with Crippen molar-refractivity contribution in [2.24, 2.45) is 11.8 Å². The van der Waals surface area contributed by atoms with Crippen molar-refractivity contribution in [3.8, 4) is 11.3 Å². The Morgan fingerprint density at radius 1 is 1.30 bits per heavy atom. The number of aromatic nitrogens is 1. The minimum atomic E-state index is -0.275. The van der Waals surface area contributed by atoms with E-state index in [2.05, 4.69) is 15.8 Å². The van der Waals surface area contributed by atoms with E-state index in [1.54, 1.807) is 12.1 Å². The van der Waals surface area contributed by atoms with Crippen LogP contribution in [0, 0.1) is 17.7 Å². The van der Waals surface area contributed by atoms with E-state index in [1.807, 2.05) is 26.8 Å². The van der Waals surface area contributed by atoms with Crippen LogP contribution in [0.3, 0.4) is 0 Å². The fourth-order valence-electron chi connectivity index (χ4n) is 3.62. The molecule has 1 amide bonds. The third kappa shape index (κ3) is 5.63. The number of piperidine rings is 1. The average molecular weight is 373 g/mol. The number of hydrogen-bond acceptors (Lipinski definition) is 4. The van der Waals surface area contributed by atoms with Gasteiger partial charge in [-0.25, -0.2) is 4.39 Å². The number of carbonyl (C=O) groups excluding carboxylic acids is 1. The van der Waals surface area contributed by atoms with E-state index in [0.29, 0.717) is 24.0 Å². The zero-order valence-electron chi connectivity index (χ0n) is 16.2. The van der Waals surface area contributed by atoms with Gasteiger partial charge in [0.05, 0.1) is 5.69 Å². The number of amides is 1. The Bertz CT molecular complexity index is 764. The van der Waals surface area contributed by atoms with Crippen LogP contribution in [0.1, 0.15) is 39.3 Å². The molecule has 1 aliphatic heterocycles. The van der Waals surface area contributed by atoms with Gasteiger partial charge in [0.25, 0.3) is 0 Å². The molecule has 1 fully saturated rings. The molecule has 0 radical (unpaired) electrons. The summed E-state index contributed by atoms with van der Waals surface area (Å²) in [6, 6.07) is 8.09. The molecule has 2 aromatic rings. The molecule has 0 bridgehead atoms. The van der Waals surface area contributed by atoms with Gasteiger partial charge in [-0.05, 0) is 82.8 Å². The largest absolute Gasteiger partial charge is 0.356 e. The van der Waals surface area contributed by atoms with Crippen LogP contribution in [0.25, 0.3) is 11.3 Å². The smallest absolute Gasteiger partial charge is 0.220 e. The number of halogens is 1. The minimum absolute atomic E-state index is 0.103. The van der Waals surface area contributed by atoms with Gasteiger partial charge in [-0.2, -0.15) is 0 Å². The molecule has 2 N–H and O–H groups in total. The van der Waals surface area contributed by atoms with Crippen LogP contribution in [0.2, 0.25) is 0 Å². The van der Waals surface area contributed by atoms with Crippen molar-refractivity contribution in [2.75, 3.05) is 13.1 Å². The first-order valence-corrected chi connectivity index (χ1v) is 9.53. The molecule has 3 rings (SSSR count). The van der Waals surface area contributed by atoms with E-state index in [9.17, 15) is 9.18 Å². The molecule has 1 saturated heterocycles. The number of hydrogen-bond donors (Lipinski definition) is 2. The Morgan fingerprint density at radius 2 is 2.04 bits per heavy atom. The summed E-state index contributed by atoms with van der Waals surface area (Å²) in [5, 5.41) is 10.7. The highest BCUT2D eigenvalue weighted by Gasteiger charge is 2.29. The normalized spacial score (nSPS) is 20.4. The molecular weight excluding hydrogens is 345 g/mol. The monoisotopic (exact) mass is 373 g/mol. The van der Waals surface area contributed by atoms with Gasteiger partial charge < -0.3 is 15.2 Å². The molecule has 0 unspecified atom stereocenters. The summed E-state index contributed by atoms with van der Waals surface area (Å²) >= 11 is 0. The molecule has 2 atom stereocenters. The summed E-state index contributed by atoms with van der Waals surface area (Å²) in [5.41, 5.74) is 1.46. The fourth-order valence-corrected chi connectivity index (χ4v) is 3.62. The van der Waals surface area contributed by atoms with Crippen LogP contribution in [0.4, 0.5) is 4.39 Å². The van der Waals surface area contributed by atoms with E-state index >= 15 is 0 Å². The number of carbonyl (C=O) groups is 1. The van der Waals surface area contributed by atoms with E-state index in [4.69, 9.17) is 4.52 Å². The van der Waals surface area contributed by atoms with Gasteiger partial charge in [-0.3, -0.25) is 4.79 Å². The number of rotatable bonds is 5. The molecule has 1 aromatic carbocycles. The summed E-state index contributed by atoms with van der Waals surface area (Å²) in [4.78, 5) is 12.3. The fraction of sp³-hybridized carbons (Fsp3) is 0.524. The van der Waals surface area contributed by atoms with Crippen LogP contribution in [-0.2, 0) is 11.2 Å². The highest BCUT2D eigenvalue weighted by Crippen LogP contribution is 2.28. The average Bonchev–Trinajstić information content (AvgIpc) is 3.04. The first-order valence-electron chi connectivity index (χ1n) is 9.53. The Morgan fingerprint density at radius 3 is 2.74 bits per heavy atom. The van der Waals surface area contributed by atoms with E-state index in [0.717, 1.165) is 37.2 Å². The number of benzene rings is 1. The minimum Gasteiger partial charge on any atom is -0.356 e. The maximum atomic E-state index is 13.1. The molecule has 5 nitrogen and oxygen atoms in total. The van der Waals surface area contributed by atoms with Crippen LogP contribution in [-0.4, -0.2) is 29.7 Å². The molecule has 1 aromatic heterocycles. The van der Waals surface area contributed by atoms with Crippen molar-refractivity contribution in [2.45, 2.75) is 45.6 Å². The molecular formula is C21H28FN3O2. The van der Waals surface area contributed by atoms with Crippen molar-refractivity contribution >= 4 is 5.91 Å². The number of nitrogens with one attached hydrogen (secondary N) is 2. The van der Waals surface area contributed by atoms with E-state index in [-0.39, 0.29) is 17.3 Å². The van der Waals surface area contributed by atoms with Crippen molar-refractivity contribution < 1.29 is 13.7 Å². The zero-order valence-corrected chi connectivity index (χ0v) is 16.2. The van der Waals surface area contributed by atoms with Crippen molar-refractivity contribution in [3.05, 3.63) is 41.8 Å². The molecule has 1 aliphatic rings. The second kappa shape index (κ2) is 8.21. The van der Waals surface area contributed by atoms with E-state index < -0.39 is 0 Å². The molecule has 6 heteroatoms. The topological polar surface area (TPSA) is 67.2 Å². The lowest BCUT2D eigenvalue weighted by Crippen LogP contribution is -2.44. The molecule has 0 spiro atoms. The Balaban J connectivity index is 1.64. The molecule has 0 saturated carbocycles. The lowest BCUT2D eigenvalue weighted by Gasteiger charge is -2.32. The summed E-state index contributed by atoms with van der Waals surface area (Å²) in [6.45, 7) is 7.79. The highest BCUT2D eigenvalue weighted by atomic mass is 19.1. The second-order valence-electron chi connectivity index (χ2n) is 8.41. The van der Waals surface area contributed by atoms with Crippen LogP contribution in [0.15, 0.2) is 34.9 Å². The van der Waals surface area contributed by atoms with Crippen molar-refractivity contribution in [1.29, 1.82) is 0 Å². The standard InChI is InChI=1S/C21H28FN3O2/c1-21(2,3)24-20(26)11-15-8-9-23-13-16(15)10-18-12-19(27-25-18)14-4-6-17(22)7-5-14/h4-7,12,15-16,23H,8-11,13H2,1-3H3,(H,24,26)/t15-,16+/m1/s1. The summed E-state index contributed by atoms with van der Waals surface area (Å²) in [5.74, 6) is 1.11. The van der Waals surface area contributed by atoms with Crippen LogP contribution in [0.5, 0.6) is 0 Å². The van der Waals surface area contributed by atoms with Gasteiger partial charge in [-0.1, -0.05) is 5.16 Å². The Kier molecular flexibility index (Phi) is 5.95. The third-order valence-electron chi connectivity index (χ3n) is 4.89. The van der Waals surface area contributed by atoms with Gasteiger partial charge in [0.2, 0.25) is 5.91 Å². The SMILES string of the molecule is CC(C)(C)NC(=O)C[C@H]1CCNC[C@@H]1Cc1cc(-c2ccc(F)cc2)on1. The Labute approximate surface area is 159 Å². The van der Waals surface area contributed by atoms with Crippen LogP contribution < -0.4 is 10.6 Å². The second-order valence-corrected chi connectivity index (χ2v) is 8.41. The maximum absolute atomic E-state index is 13.1. The van der Waals surface area contributed by atoms with Gasteiger partial charge in [0.1, 0.15) is 5.82 Å². The summed E-state index contributed by atoms with van der Waals surface area (Å²) in [6.07, 6.45) is 2.27. The van der Waals surface area contributed by atoms with Gasteiger partial charge >= 0.3 is 0 Å². The Hall–Kier alpha value is -2.21. The molecule has 0 aliphatic carbocycles. The predicted octanol–water partition coefficient (Wildman–Crippen LogP) is 3.55. The molecule has 2 heterocycles. The van der Waals surface area contributed by atoms with Crippen molar-refractivity contribution in [3.63, 3.8) is 0 Å². The predicted molar refractivity (Wildman–Crippen MR) is 103 cm³/mol. The molecule has 27 heavy (non-hydrogen) atoms. The van der Waals surface area contributed by atoms with Crippen molar-refractivity contribution in [1.82, 2.24) is 15.8 Å². The number of nitrogens with zero attached hydrogens (tertiary/aromatic N) is 1. The van der Waals surface area contributed by atoms with E-state index in [1.165, 1.54) is 12.1 Å². The molecule has 146 valence electrons. The van der Waals surface area contributed by atoms with Gasteiger partial charge in [0.15, 0.2) is 5.76 Å². The maximum Gasteiger partial charge on any atom is 0.220 e. The third-order valence-corrected chi connectivity index (χ3v) is 4.89. The summed E-state index contributed by atoms with van der Waals surface area (Å²) in [7, 11) is 0. The highest BCUT2D eigenvalue weighted by molar-refractivity contribution is 5.77. The lowest BCUT2D eigenvalue weighted by atomic mass is 9.81.